The lowest BCUT2D eigenvalue weighted by Gasteiger charge is -2.37. The Hall–Kier alpha value is -3.74. The second-order valence-electron chi connectivity index (χ2n) is 13.5. The van der Waals surface area contributed by atoms with E-state index in [-0.39, 0.29) is 37.8 Å². The Labute approximate surface area is 264 Å². The predicted octanol–water partition coefficient (Wildman–Crippen LogP) is 3.32. The SMILES string of the molecule is COCC1C[C@@H](OC(=O)N2Cc3cc4c(cc3C2)OCO4)CN1C(=O)[C@@H](NC(=O)[C@@H](NC(=O)OC)C1CCCCC1)C(C)(C)C. The normalized spacial score (nSPS) is 22.4. The van der Waals surface area contributed by atoms with Crippen LogP contribution < -0.4 is 20.1 Å². The van der Waals surface area contributed by atoms with Crippen molar-refractivity contribution in [2.75, 3.05) is 34.2 Å². The molecule has 1 saturated heterocycles. The minimum absolute atomic E-state index is 0.0526. The molecule has 3 aliphatic heterocycles. The van der Waals surface area contributed by atoms with Crippen LogP contribution in [0, 0.1) is 11.3 Å². The Morgan fingerprint density at radius 1 is 0.978 bits per heavy atom. The average molecular weight is 631 g/mol. The molecule has 13 heteroatoms. The Morgan fingerprint density at radius 3 is 2.20 bits per heavy atom. The van der Waals surface area contributed by atoms with Crippen LogP contribution in [0.25, 0.3) is 0 Å². The highest BCUT2D eigenvalue weighted by Crippen LogP contribution is 2.38. The molecule has 1 saturated carbocycles. The molecule has 4 aliphatic rings. The van der Waals surface area contributed by atoms with Crippen LogP contribution in [0.4, 0.5) is 9.59 Å². The van der Waals surface area contributed by atoms with E-state index >= 15 is 0 Å². The topological polar surface area (TPSA) is 145 Å². The Morgan fingerprint density at radius 2 is 1.62 bits per heavy atom. The second-order valence-corrected chi connectivity index (χ2v) is 13.5. The Kier molecular flexibility index (Phi) is 9.95. The van der Waals surface area contributed by atoms with Crippen LogP contribution in [-0.4, -0.2) is 92.2 Å². The number of nitrogens with zero attached hydrogens (tertiary/aromatic N) is 2. The summed E-state index contributed by atoms with van der Waals surface area (Å²) < 4.78 is 27.1. The number of likely N-dealkylation sites (tertiary alicyclic amines) is 1. The number of hydrogen-bond acceptors (Lipinski definition) is 9. The molecule has 1 aliphatic carbocycles. The summed E-state index contributed by atoms with van der Waals surface area (Å²) in [5.74, 6) is 0.579. The lowest BCUT2D eigenvalue weighted by molar-refractivity contribution is -0.142. The molecule has 1 unspecified atom stereocenters. The van der Waals surface area contributed by atoms with Gasteiger partial charge in [0.15, 0.2) is 11.5 Å². The molecular weight excluding hydrogens is 584 g/mol. The standard InChI is InChI=1S/C32H46N4O9/c1-32(2,3)27(34-28(37)26(33-30(39)42-5)19-9-7-6-8-10-19)29(38)36-16-23(13-22(36)17-41-4)45-31(40)35-14-20-11-24-25(44-18-43-24)12-21(20)15-35/h11-12,19,22-23,26-27H,6-10,13-18H2,1-5H3,(H,33,39)(H,34,37)/t22?,23-,26+,27-/m1/s1. The molecule has 1 aromatic rings. The molecule has 248 valence electrons. The van der Waals surface area contributed by atoms with Crippen LogP contribution in [0.3, 0.4) is 0 Å². The fraction of sp³-hybridized carbons (Fsp3) is 0.688. The third-order valence-corrected chi connectivity index (χ3v) is 9.22. The lowest BCUT2D eigenvalue weighted by Crippen LogP contribution is -2.60. The Balaban J connectivity index is 1.26. The third kappa shape index (κ3) is 7.40. The highest BCUT2D eigenvalue weighted by Gasteiger charge is 2.45. The number of methoxy groups -OCH3 is 2. The van der Waals surface area contributed by atoms with Crippen LogP contribution >= 0.6 is 0 Å². The monoisotopic (exact) mass is 630 g/mol. The van der Waals surface area contributed by atoms with Crippen LogP contribution in [0.5, 0.6) is 11.5 Å². The number of benzene rings is 1. The lowest BCUT2D eigenvalue weighted by atomic mass is 9.82. The summed E-state index contributed by atoms with van der Waals surface area (Å²) in [7, 11) is 2.82. The number of carbonyl (C=O) groups is 4. The quantitative estimate of drug-likeness (QED) is 0.442. The van der Waals surface area contributed by atoms with Crippen molar-refractivity contribution in [2.45, 2.75) is 96.6 Å². The largest absolute Gasteiger partial charge is 0.454 e. The molecule has 0 spiro atoms. The summed E-state index contributed by atoms with van der Waals surface area (Å²) in [6, 6.07) is 1.73. The molecule has 45 heavy (non-hydrogen) atoms. The van der Waals surface area contributed by atoms with Crippen LogP contribution in [-0.2, 0) is 36.9 Å². The fourth-order valence-corrected chi connectivity index (χ4v) is 6.81. The van der Waals surface area contributed by atoms with Crippen LogP contribution in [0.15, 0.2) is 12.1 Å². The summed E-state index contributed by atoms with van der Waals surface area (Å²) >= 11 is 0. The maximum atomic E-state index is 14.2. The average Bonchev–Trinajstić information content (AvgIpc) is 3.75. The molecule has 3 heterocycles. The maximum Gasteiger partial charge on any atom is 0.410 e. The summed E-state index contributed by atoms with van der Waals surface area (Å²) in [4.78, 5) is 56.6. The van der Waals surface area contributed by atoms with E-state index in [9.17, 15) is 19.2 Å². The zero-order valence-electron chi connectivity index (χ0n) is 26.9. The van der Waals surface area contributed by atoms with Gasteiger partial charge in [0.25, 0.3) is 0 Å². The maximum absolute atomic E-state index is 14.2. The van der Waals surface area contributed by atoms with Crippen molar-refractivity contribution in [1.29, 1.82) is 0 Å². The first-order valence-electron chi connectivity index (χ1n) is 15.8. The molecule has 2 fully saturated rings. The van der Waals surface area contributed by atoms with Crippen molar-refractivity contribution in [3.63, 3.8) is 0 Å². The highest BCUT2D eigenvalue weighted by atomic mass is 16.7. The summed E-state index contributed by atoms with van der Waals surface area (Å²) in [6.45, 7) is 7.04. The van der Waals surface area contributed by atoms with Gasteiger partial charge in [-0.15, -0.1) is 0 Å². The van der Waals surface area contributed by atoms with Crippen molar-refractivity contribution in [3.05, 3.63) is 23.3 Å². The number of fused-ring (bicyclic) bond motifs is 2. The summed E-state index contributed by atoms with van der Waals surface area (Å²) in [5.41, 5.74) is 1.30. The number of ether oxygens (including phenoxy) is 5. The van der Waals surface area contributed by atoms with Gasteiger partial charge in [0, 0.05) is 26.6 Å². The minimum Gasteiger partial charge on any atom is -0.454 e. The molecule has 4 atom stereocenters. The molecule has 5 rings (SSSR count). The predicted molar refractivity (Wildman–Crippen MR) is 161 cm³/mol. The first-order chi connectivity index (χ1) is 21.5. The highest BCUT2D eigenvalue weighted by molar-refractivity contribution is 5.92. The fourth-order valence-electron chi connectivity index (χ4n) is 6.81. The number of amides is 4. The van der Waals surface area contributed by atoms with Crippen molar-refractivity contribution in [3.8, 4) is 11.5 Å². The van der Waals surface area contributed by atoms with Gasteiger partial charge in [0.1, 0.15) is 18.2 Å². The molecule has 0 radical (unpaired) electrons. The number of rotatable bonds is 8. The molecule has 1 aromatic carbocycles. The number of hydrogen-bond donors (Lipinski definition) is 2. The Bertz CT molecular complexity index is 1240. The van der Waals surface area contributed by atoms with Crippen molar-refractivity contribution >= 4 is 24.0 Å². The second kappa shape index (κ2) is 13.7. The number of carbonyl (C=O) groups excluding carboxylic acids is 4. The molecule has 2 N–H and O–H groups in total. The van der Waals surface area contributed by atoms with E-state index in [2.05, 4.69) is 10.6 Å². The molecule has 4 amide bonds. The smallest absolute Gasteiger partial charge is 0.410 e. The first-order valence-corrected chi connectivity index (χ1v) is 15.8. The van der Waals surface area contributed by atoms with Gasteiger partial charge in [-0.25, -0.2) is 9.59 Å². The van der Waals surface area contributed by atoms with Gasteiger partial charge in [-0.3, -0.25) is 14.5 Å². The molecular formula is C32H46N4O9. The first kappa shape index (κ1) is 32.6. The number of nitrogens with one attached hydrogen (secondary N) is 2. The van der Waals surface area contributed by atoms with Crippen molar-refractivity contribution in [1.82, 2.24) is 20.4 Å². The van der Waals surface area contributed by atoms with Gasteiger partial charge in [-0.2, -0.15) is 0 Å². The van der Waals surface area contributed by atoms with Gasteiger partial charge in [0.05, 0.1) is 26.3 Å². The molecule has 0 aromatic heterocycles. The zero-order chi connectivity index (χ0) is 32.3. The van der Waals surface area contributed by atoms with E-state index in [0.29, 0.717) is 31.0 Å². The molecule has 13 nitrogen and oxygen atoms in total. The minimum atomic E-state index is -0.899. The summed E-state index contributed by atoms with van der Waals surface area (Å²) in [6.07, 6.45) is 3.35. The third-order valence-electron chi connectivity index (χ3n) is 9.22. The van der Waals surface area contributed by atoms with E-state index in [1.54, 1.807) is 16.9 Å². The van der Waals surface area contributed by atoms with E-state index in [1.807, 2.05) is 32.9 Å². The van der Waals surface area contributed by atoms with Gasteiger partial charge in [0.2, 0.25) is 18.6 Å². The van der Waals surface area contributed by atoms with Gasteiger partial charge in [-0.05, 0) is 47.4 Å². The van der Waals surface area contributed by atoms with E-state index < -0.39 is 41.7 Å². The van der Waals surface area contributed by atoms with Gasteiger partial charge >= 0.3 is 12.2 Å². The van der Waals surface area contributed by atoms with Crippen molar-refractivity contribution in [2.24, 2.45) is 11.3 Å². The summed E-state index contributed by atoms with van der Waals surface area (Å²) in [5, 5.41) is 5.69. The van der Waals surface area contributed by atoms with E-state index in [1.165, 1.54) is 7.11 Å². The van der Waals surface area contributed by atoms with E-state index in [4.69, 9.17) is 23.7 Å². The van der Waals surface area contributed by atoms with Crippen LogP contribution in [0.2, 0.25) is 0 Å². The number of alkyl carbamates (subject to hydrolysis) is 1. The van der Waals surface area contributed by atoms with E-state index in [0.717, 1.165) is 43.2 Å². The van der Waals surface area contributed by atoms with Crippen LogP contribution in [0.1, 0.15) is 70.4 Å². The van der Waals surface area contributed by atoms with Crippen molar-refractivity contribution < 1.29 is 42.9 Å². The van der Waals surface area contributed by atoms with Gasteiger partial charge in [-0.1, -0.05) is 40.0 Å². The molecule has 0 bridgehead atoms. The van der Waals surface area contributed by atoms with Gasteiger partial charge < -0.3 is 39.2 Å². The zero-order valence-corrected chi connectivity index (χ0v) is 26.9.